The second kappa shape index (κ2) is 5.37. The van der Waals surface area contributed by atoms with Crippen LogP contribution in [-0.4, -0.2) is 5.16 Å². The first-order chi connectivity index (χ1) is 10.1. The number of rotatable bonds is 2. The van der Waals surface area contributed by atoms with Gasteiger partial charge in [-0.25, -0.2) is 0 Å². The van der Waals surface area contributed by atoms with Gasteiger partial charge in [-0.3, -0.25) is 0 Å². The molecule has 0 spiro atoms. The maximum atomic E-state index is 6.03. The Bertz CT molecular complexity index is 808. The molecule has 106 valence electrons. The predicted molar refractivity (Wildman–Crippen MR) is 89.0 cm³/mol. The van der Waals surface area contributed by atoms with Gasteiger partial charge in [0, 0.05) is 15.6 Å². The molecule has 2 N–H and O–H groups in total. The van der Waals surface area contributed by atoms with Gasteiger partial charge >= 0.3 is 0 Å². The highest BCUT2D eigenvalue weighted by molar-refractivity contribution is 9.10. The minimum atomic E-state index is 0.400. The second-order valence-corrected chi connectivity index (χ2v) is 5.92. The van der Waals surface area contributed by atoms with Crippen LogP contribution in [0.25, 0.3) is 22.5 Å². The van der Waals surface area contributed by atoms with Crippen LogP contribution < -0.4 is 5.73 Å². The maximum Gasteiger partial charge on any atom is 0.177 e. The summed E-state index contributed by atoms with van der Waals surface area (Å²) in [5, 5.41) is 3.96. The van der Waals surface area contributed by atoms with Crippen molar-refractivity contribution in [1.82, 2.24) is 5.16 Å². The molecule has 0 bridgehead atoms. The van der Waals surface area contributed by atoms with E-state index >= 15 is 0 Å². The number of nitrogens with two attached hydrogens (primary N) is 1. The number of aryl methyl sites for hydroxylation is 2. The van der Waals surface area contributed by atoms with Crippen LogP contribution >= 0.6 is 15.9 Å². The molecule has 1 aromatic heterocycles. The lowest BCUT2D eigenvalue weighted by Gasteiger charge is -2.08. The summed E-state index contributed by atoms with van der Waals surface area (Å²) >= 11 is 3.56. The van der Waals surface area contributed by atoms with E-state index in [4.69, 9.17) is 10.3 Å². The Hall–Kier alpha value is -2.07. The molecule has 0 aliphatic heterocycles. The minimum absolute atomic E-state index is 0.400. The topological polar surface area (TPSA) is 52.0 Å². The Morgan fingerprint density at radius 1 is 1.05 bits per heavy atom. The van der Waals surface area contributed by atoms with Gasteiger partial charge in [-0.05, 0) is 25.5 Å². The third kappa shape index (κ3) is 2.47. The number of nitrogens with zero attached hydrogens (tertiary/aromatic N) is 1. The minimum Gasteiger partial charge on any atom is -0.380 e. The molecule has 0 radical (unpaired) electrons. The van der Waals surface area contributed by atoms with Gasteiger partial charge in [0.2, 0.25) is 0 Å². The first-order valence-electron chi connectivity index (χ1n) is 6.65. The van der Waals surface area contributed by atoms with Gasteiger partial charge in [0.25, 0.3) is 0 Å². The van der Waals surface area contributed by atoms with Crippen molar-refractivity contribution in [2.45, 2.75) is 13.8 Å². The molecule has 0 unspecified atom stereocenters. The Morgan fingerprint density at radius 2 is 1.81 bits per heavy atom. The summed E-state index contributed by atoms with van der Waals surface area (Å²) in [6.07, 6.45) is 0. The van der Waals surface area contributed by atoms with Crippen LogP contribution in [-0.2, 0) is 0 Å². The van der Waals surface area contributed by atoms with Crippen LogP contribution in [0.2, 0.25) is 0 Å². The standard InChI is InChI=1S/C17H15BrN2O/c1-10-7-8-12(11(2)9-10)16-15(17(19)20-21-16)13-5-3-4-6-14(13)18/h3-9H,1-2H3,(H2,19,20). The third-order valence-electron chi connectivity index (χ3n) is 3.49. The summed E-state index contributed by atoms with van der Waals surface area (Å²) in [6.45, 7) is 4.13. The van der Waals surface area contributed by atoms with Gasteiger partial charge in [0.05, 0.1) is 5.56 Å². The van der Waals surface area contributed by atoms with Crippen molar-refractivity contribution in [2.24, 2.45) is 0 Å². The maximum absolute atomic E-state index is 6.03. The SMILES string of the molecule is Cc1ccc(-c2onc(N)c2-c2ccccc2Br)c(C)c1. The van der Waals surface area contributed by atoms with Gasteiger partial charge in [0.15, 0.2) is 11.6 Å². The molecule has 4 heteroatoms. The number of halogens is 1. The molecule has 0 amide bonds. The smallest absolute Gasteiger partial charge is 0.177 e. The fourth-order valence-corrected chi connectivity index (χ4v) is 2.96. The highest BCUT2D eigenvalue weighted by atomic mass is 79.9. The zero-order valence-corrected chi connectivity index (χ0v) is 13.4. The van der Waals surface area contributed by atoms with Crippen LogP contribution in [0.3, 0.4) is 0 Å². The molecule has 0 fully saturated rings. The van der Waals surface area contributed by atoms with Crippen LogP contribution in [0.5, 0.6) is 0 Å². The molecule has 0 saturated heterocycles. The lowest BCUT2D eigenvalue weighted by atomic mass is 9.97. The van der Waals surface area contributed by atoms with E-state index in [1.165, 1.54) is 5.56 Å². The van der Waals surface area contributed by atoms with Crippen molar-refractivity contribution in [3.8, 4) is 22.5 Å². The molecule has 1 heterocycles. The third-order valence-corrected chi connectivity index (χ3v) is 4.18. The van der Waals surface area contributed by atoms with Gasteiger partial charge in [-0.1, -0.05) is 63.0 Å². The Morgan fingerprint density at radius 3 is 2.52 bits per heavy atom. The number of anilines is 1. The number of aromatic nitrogens is 1. The van der Waals surface area contributed by atoms with E-state index in [-0.39, 0.29) is 0 Å². The van der Waals surface area contributed by atoms with Crippen LogP contribution in [0.1, 0.15) is 11.1 Å². The summed E-state index contributed by atoms with van der Waals surface area (Å²) in [5.41, 5.74) is 11.2. The van der Waals surface area contributed by atoms with E-state index in [9.17, 15) is 0 Å². The van der Waals surface area contributed by atoms with Gasteiger partial charge < -0.3 is 10.3 Å². The Kier molecular flexibility index (Phi) is 3.55. The van der Waals surface area contributed by atoms with Gasteiger partial charge in [-0.15, -0.1) is 0 Å². The van der Waals surface area contributed by atoms with Crippen molar-refractivity contribution < 1.29 is 4.52 Å². The molecule has 2 aromatic carbocycles. The highest BCUT2D eigenvalue weighted by Crippen LogP contribution is 2.40. The van der Waals surface area contributed by atoms with Gasteiger partial charge in [0.1, 0.15) is 0 Å². The molecule has 0 aliphatic carbocycles. The van der Waals surface area contributed by atoms with Gasteiger partial charge in [-0.2, -0.15) is 0 Å². The summed E-state index contributed by atoms with van der Waals surface area (Å²) in [6, 6.07) is 14.1. The van der Waals surface area contributed by atoms with E-state index < -0.39 is 0 Å². The van der Waals surface area contributed by atoms with E-state index in [1.54, 1.807) is 0 Å². The van der Waals surface area contributed by atoms with E-state index in [0.29, 0.717) is 11.6 Å². The lowest BCUT2D eigenvalue weighted by molar-refractivity contribution is 0.436. The molecule has 0 atom stereocenters. The van der Waals surface area contributed by atoms with Crippen molar-refractivity contribution in [1.29, 1.82) is 0 Å². The quantitative estimate of drug-likeness (QED) is 0.715. The van der Waals surface area contributed by atoms with E-state index in [2.05, 4.69) is 47.1 Å². The first-order valence-corrected chi connectivity index (χ1v) is 7.45. The van der Waals surface area contributed by atoms with Crippen molar-refractivity contribution in [3.05, 3.63) is 58.1 Å². The van der Waals surface area contributed by atoms with Crippen LogP contribution in [0.15, 0.2) is 51.5 Å². The molecular formula is C17H15BrN2O. The van der Waals surface area contributed by atoms with Crippen LogP contribution in [0.4, 0.5) is 5.82 Å². The summed E-state index contributed by atoms with van der Waals surface area (Å²) in [5.74, 6) is 1.11. The zero-order valence-electron chi connectivity index (χ0n) is 11.9. The van der Waals surface area contributed by atoms with E-state index in [0.717, 1.165) is 26.7 Å². The molecule has 3 nitrogen and oxygen atoms in total. The average Bonchev–Trinajstić information content (AvgIpc) is 2.81. The number of benzene rings is 2. The van der Waals surface area contributed by atoms with Crippen molar-refractivity contribution >= 4 is 21.7 Å². The lowest BCUT2D eigenvalue weighted by Crippen LogP contribution is -1.91. The van der Waals surface area contributed by atoms with Crippen molar-refractivity contribution in [2.75, 3.05) is 5.73 Å². The monoisotopic (exact) mass is 342 g/mol. The first kappa shape index (κ1) is 13.9. The molecular weight excluding hydrogens is 328 g/mol. The molecule has 21 heavy (non-hydrogen) atoms. The largest absolute Gasteiger partial charge is 0.380 e. The number of hydrogen-bond acceptors (Lipinski definition) is 3. The van der Waals surface area contributed by atoms with E-state index in [1.807, 2.05) is 30.3 Å². The summed E-state index contributed by atoms with van der Waals surface area (Å²) < 4.78 is 6.48. The Labute approximate surface area is 131 Å². The highest BCUT2D eigenvalue weighted by Gasteiger charge is 2.20. The zero-order chi connectivity index (χ0) is 15.0. The van der Waals surface area contributed by atoms with Crippen LogP contribution in [0, 0.1) is 13.8 Å². The summed E-state index contributed by atoms with van der Waals surface area (Å²) in [7, 11) is 0. The normalized spacial score (nSPS) is 10.8. The second-order valence-electron chi connectivity index (χ2n) is 5.07. The molecule has 0 saturated carbocycles. The summed E-state index contributed by atoms with van der Waals surface area (Å²) in [4.78, 5) is 0. The Balaban J connectivity index is 2.25. The average molecular weight is 343 g/mol. The molecule has 3 rings (SSSR count). The fourth-order valence-electron chi connectivity index (χ4n) is 2.48. The number of hydrogen-bond donors (Lipinski definition) is 1. The van der Waals surface area contributed by atoms with Crippen molar-refractivity contribution in [3.63, 3.8) is 0 Å². The number of nitrogen functional groups attached to an aromatic ring is 1. The fraction of sp³-hybridized carbons (Fsp3) is 0.118. The predicted octanol–water partition coefficient (Wildman–Crippen LogP) is 4.97. The molecule has 3 aromatic rings. The molecule has 0 aliphatic rings.